The maximum Gasteiger partial charge on any atom is 0.435 e. The standard InChI is InChI=1S/C23H21F3N6O3/c1-22(2,13-33)32-11-16(15-10-27-6-4-18(15)32)21(35)17-9-14(3-7-28-17)29-20(34)12-31-8-5-19(30-31)23(24,25)26/h3-11,33H,12-13H2,1-2H3,(H,28,29,34). The van der Waals surface area contributed by atoms with Gasteiger partial charge in [0, 0.05) is 42.1 Å². The van der Waals surface area contributed by atoms with Crippen LogP contribution in [-0.2, 0) is 23.1 Å². The van der Waals surface area contributed by atoms with Crippen LogP contribution in [0.5, 0.6) is 0 Å². The summed E-state index contributed by atoms with van der Waals surface area (Å²) >= 11 is 0. The number of halogens is 3. The van der Waals surface area contributed by atoms with Gasteiger partial charge in [0.2, 0.25) is 11.7 Å². The third kappa shape index (κ3) is 4.92. The molecule has 0 saturated heterocycles. The zero-order valence-corrected chi connectivity index (χ0v) is 18.7. The van der Waals surface area contributed by atoms with Crippen LogP contribution in [0.15, 0.2) is 55.2 Å². The quantitative estimate of drug-likeness (QED) is 0.388. The van der Waals surface area contributed by atoms with Gasteiger partial charge in [0.05, 0.1) is 23.2 Å². The first-order valence-electron chi connectivity index (χ1n) is 10.5. The van der Waals surface area contributed by atoms with E-state index in [0.29, 0.717) is 16.5 Å². The van der Waals surface area contributed by atoms with Crippen molar-refractivity contribution in [2.24, 2.45) is 0 Å². The van der Waals surface area contributed by atoms with Crippen molar-refractivity contribution in [1.29, 1.82) is 0 Å². The minimum Gasteiger partial charge on any atom is -0.394 e. The van der Waals surface area contributed by atoms with Crippen LogP contribution < -0.4 is 5.32 Å². The molecule has 182 valence electrons. The number of rotatable bonds is 7. The summed E-state index contributed by atoms with van der Waals surface area (Å²) in [6.07, 6.45) is 2.57. The number of hydrogen-bond acceptors (Lipinski definition) is 6. The number of alkyl halides is 3. The Morgan fingerprint density at radius 2 is 1.91 bits per heavy atom. The highest BCUT2D eigenvalue weighted by molar-refractivity contribution is 6.15. The first-order valence-corrected chi connectivity index (χ1v) is 10.5. The first kappa shape index (κ1) is 24.1. The predicted molar refractivity (Wildman–Crippen MR) is 120 cm³/mol. The molecule has 0 radical (unpaired) electrons. The number of carbonyl (C=O) groups is 2. The zero-order chi connectivity index (χ0) is 25.4. The normalized spacial score (nSPS) is 12.2. The lowest BCUT2D eigenvalue weighted by molar-refractivity contribution is -0.141. The van der Waals surface area contributed by atoms with Crippen molar-refractivity contribution in [2.45, 2.75) is 32.1 Å². The maximum absolute atomic E-state index is 13.3. The van der Waals surface area contributed by atoms with Gasteiger partial charge in [0.15, 0.2) is 5.69 Å². The molecule has 0 aliphatic rings. The summed E-state index contributed by atoms with van der Waals surface area (Å²) in [5.74, 6) is -1.05. The maximum atomic E-state index is 13.3. The second kappa shape index (κ2) is 8.95. The van der Waals surface area contributed by atoms with Crippen LogP contribution in [0.1, 0.15) is 35.6 Å². The Balaban J connectivity index is 1.57. The van der Waals surface area contributed by atoms with E-state index in [4.69, 9.17) is 0 Å². The summed E-state index contributed by atoms with van der Waals surface area (Å²) in [4.78, 5) is 33.8. The van der Waals surface area contributed by atoms with E-state index in [9.17, 15) is 27.9 Å². The molecule has 35 heavy (non-hydrogen) atoms. The summed E-state index contributed by atoms with van der Waals surface area (Å²) in [7, 11) is 0. The van der Waals surface area contributed by atoms with E-state index < -0.39 is 35.6 Å². The smallest absolute Gasteiger partial charge is 0.394 e. The van der Waals surface area contributed by atoms with E-state index in [1.165, 1.54) is 18.3 Å². The SMILES string of the molecule is CC(C)(CO)n1cc(C(=O)c2cc(NC(=O)Cn3ccc(C(F)(F)F)n3)ccn2)c2cnccc21. The largest absolute Gasteiger partial charge is 0.435 e. The van der Waals surface area contributed by atoms with Crippen molar-refractivity contribution in [2.75, 3.05) is 11.9 Å². The Hall–Kier alpha value is -4.06. The van der Waals surface area contributed by atoms with Crippen LogP contribution in [-0.4, -0.2) is 47.7 Å². The van der Waals surface area contributed by atoms with E-state index in [-0.39, 0.29) is 18.0 Å². The molecule has 12 heteroatoms. The summed E-state index contributed by atoms with van der Waals surface area (Å²) in [6.45, 7) is 3.05. The van der Waals surface area contributed by atoms with Crippen LogP contribution in [0.25, 0.3) is 10.9 Å². The van der Waals surface area contributed by atoms with Gasteiger partial charge in [-0.1, -0.05) is 0 Å². The third-order valence-corrected chi connectivity index (χ3v) is 5.40. The fourth-order valence-electron chi connectivity index (χ4n) is 3.55. The predicted octanol–water partition coefficient (Wildman–Crippen LogP) is 3.24. The average Bonchev–Trinajstić information content (AvgIpc) is 3.44. The Morgan fingerprint density at radius 1 is 1.14 bits per heavy atom. The van der Waals surface area contributed by atoms with Crippen molar-refractivity contribution < 1.29 is 27.9 Å². The van der Waals surface area contributed by atoms with Crippen molar-refractivity contribution in [3.05, 3.63) is 72.2 Å². The zero-order valence-electron chi connectivity index (χ0n) is 18.7. The molecule has 4 aromatic rings. The van der Waals surface area contributed by atoms with Gasteiger partial charge in [-0.2, -0.15) is 18.3 Å². The summed E-state index contributed by atoms with van der Waals surface area (Å²) in [5, 5.41) is 16.3. The average molecular weight is 486 g/mol. The molecule has 1 amide bonds. The van der Waals surface area contributed by atoms with Gasteiger partial charge in [-0.05, 0) is 38.1 Å². The molecule has 0 aliphatic heterocycles. The molecule has 0 aromatic carbocycles. The van der Waals surface area contributed by atoms with Gasteiger partial charge < -0.3 is 15.0 Å². The van der Waals surface area contributed by atoms with Crippen LogP contribution in [0.4, 0.5) is 18.9 Å². The topological polar surface area (TPSA) is 115 Å². The van der Waals surface area contributed by atoms with Crippen LogP contribution in [0.3, 0.4) is 0 Å². The molecule has 0 fully saturated rings. The number of anilines is 1. The van der Waals surface area contributed by atoms with E-state index in [1.54, 1.807) is 29.2 Å². The second-order valence-electron chi connectivity index (χ2n) is 8.48. The summed E-state index contributed by atoms with van der Waals surface area (Å²) < 4.78 is 40.8. The number of aliphatic hydroxyl groups excluding tert-OH is 1. The van der Waals surface area contributed by atoms with Crippen molar-refractivity contribution in [1.82, 2.24) is 24.3 Å². The number of nitrogens with one attached hydrogen (secondary N) is 1. The number of amides is 1. The Morgan fingerprint density at radius 3 is 2.60 bits per heavy atom. The number of aromatic nitrogens is 5. The highest BCUT2D eigenvalue weighted by Gasteiger charge is 2.33. The van der Waals surface area contributed by atoms with E-state index in [0.717, 1.165) is 16.9 Å². The monoisotopic (exact) mass is 486 g/mol. The summed E-state index contributed by atoms with van der Waals surface area (Å²) in [6, 6.07) is 5.35. The van der Waals surface area contributed by atoms with Crippen molar-refractivity contribution in [3.8, 4) is 0 Å². The molecular formula is C23H21F3N6O3. The molecule has 4 aromatic heterocycles. The molecule has 9 nitrogen and oxygen atoms in total. The molecule has 4 heterocycles. The van der Waals surface area contributed by atoms with Gasteiger partial charge in [-0.3, -0.25) is 24.2 Å². The number of nitrogens with zero attached hydrogens (tertiary/aromatic N) is 5. The van der Waals surface area contributed by atoms with Gasteiger partial charge in [-0.15, -0.1) is 0 Å². The van der Waals surface area contributed by atoms with Gasteiger partial charge >= 0.3 is 6.18 Å². The van der Waals surface area contributed by atoms with E-state index in [2.05, 4.69) is 20.4 Å². The third-order valence-electron chi connectivity index (χ3n) is 5.40. The Kier molecular flexibility index (Phi) is 6.15. The van der Waals surface area contributed by atoms with Crippen LogP contribution in [0, 0.1) is 0 Å². The minimum atomic E-state index is -4.60. The van der Waals surface area contributed by atoms with E-state index >= 15 is 0 Å². The number of hydrogen-bond donors (Lipinski definition) is 2. The van der Waals surface area contributed by atoms with Crippen LogP contribution >= 0.6 is 0 Å². The number of carbonyl (C=O) groups excluding carboxylic acids is 2. The molecule has 0 saturated carbocycles. The Labute approximate surface area is 197 Å². The second-order valence-corrected chi connectivity index (χ2v) is 8.48. The molecule has 0 unspecified atom stereocenters. The lowest BCUT2D eigenvalue weighted by Crippen LogP contribution is -2.29. The van der Waals surface area contributed by atoms with Crippen molar-refractivity contribution >= 4 is 28.3 Å². The number of fused-ring (bicyclic) bond motifs is 1. The summed E-state index contributed by atoms with van der Waals surface area (Å²) in [5.41, 5.74) is -0.453. The fraction of sp³-hybridized carbons (Fsp3) is 0.261. The number of ketones is 1. The lowest BCUT2D eigenvalue weighted by atomic mass is 10.1. The fourth-order valence-corrected chi connectivity index (χ4v) is 3.55. The molecule has 2 N–H and O–H groups in total. The molecule has 0 spiro atoms. The molecule has 0 atom stereocenters. The molecular weight excluding hydrogens is 465 g/mol. The van der Waals surface area contributed by atoms with Gasteiger partial charge in [0.25, 0.3) is 0 Å². The lowest BCUT2D eigenvalue weighted by Gasteiger charge is -2.25. The van der Waals surface area contributed by atoms with Gasteiger partial charge in [-0.25, -0.2) is 0 Å². The molecule has 0 aliphatic carbocycles. The highest BCUT2D eigenvalue weighted by atomic mass is 19.4. The minimum absolute atomic E-state index is 0.0472. The Bertz CT molecular complexity index is 1410. The van der Waals surface area contributed by atoms with Gasteiger partial charge in [0.1, 0.15) is 12.2 Å². The highest BCUT2D eigenvalue weighted by Crippen LogP contribution is 2.29. The van der Waals surface area contributed by atoms with Crippen LogP contribution in [0.2, 0.25) is 0 Å². The molecule has 4 rings (SSSR count). The number of aliphatic hydroxyl groups is 1. The first-order chi connectivity index (χ1) is 16.5. The number of pyridine rings is 2. The van der Waals surface area contributed by atoms with Crippen molar-refractivity contribution in [3.63, 3.8) is 0 Å². The molecule has 0 bridgehead atoms. The van der Waals surface area contributed by atoms with E-state index in [1.807, 2.05) is 13.8 Å².